The van der Waals surface area contributed by atoms with E-state index in [0.29, 0.717) is 0 Å². The van der Waals surface area contributed by atoms with E-state index in [9.17, 15) is 0 Å². The van der Waals surface area contributed by atoms with Gasteiger partial charge in [0.25, 0.3) is 0 Å². The highest BCUT2D eigenvalue weighted by Crippen LogP contribution is 2.49. The van der Waals surface area contributed by atoms with Crippen LogP contribution in [0.1, 0.15) is 25.0 Å². The van der Waals surface area contributed by atoms with Crippen LogP contribution in [0.4, 0.5) is 0 Å². The summed E-state index contributed by atoms with van der Waals surface area (Å²) >= 11 is 0. The largest absolute Gasteiger partial charge is 0.455 e. The fourth-order valence-electron chi connectivity index (χ4n) is 6.97. The number of benzene rings is 6. The molecule has 8 aromatic rings. The van der Waals surface area contributed by atoms with E-state index in [0.717, 1.165) is 66.3 Å². The first-order chi connectivity index (χ1) is 20.6. The molecule has 198 valence electrons. The topological polar surface area (TPSA) is 38.9 Å². The van der Waals surface area contributed by atoms with Crippen molar-refractivity contribution in [2.45, 2.75) is 19.3 Å². The van der Waals surface area contributed by atoms with Gasteiger partial charge in [-0.05, 0) is 51.9 Å². The molecule has 1 aliphatic carbocycles. The molecule has 6 aromatic carbocycles. The Morgan fingerprint density at radius 3 is 2.24 bits per heavy atom. The van der Waals surface area contributed by atoms with Gasteiger partial charge in [0.15, 0.2) is 5.82 Å². The third-order valence-corrected chi connectivity index (χ3v) is 9.08. The molecule has 0 atom stereocenters. The molecule has 0 N–H and O–H groups in total. The average molecular weight is 539 g/mol. The van der Waals surface area contributed by atoms with E-state index in [1.165, 1.54) is 22.3 Å². The first-order valence-corrected chi connectivity index (χ1v) is 14.4. The highest BCUT2D eigenvalue weighted by Gasteiger charge is 2.35. The molecule has 0 amide bonds. The normalized spacial score (nSPS) is 13.7. The van der Waals surface area contributed by atoms with Gasteiger partial charge >= 0.3 is 0 Å². The molecule has 0 unspecified atom stereocenters. The molecule has 42 heavy (non-hydrogen) atoms. The molecule has 0 bridgehead atoms. The zero-order chi connectivity index (χ0) is 28.0. The predicted octanol–water partition coefficient (Wildman–Crippen LogP) is 10.3. The Morgan fingerprint density at radius 2 is 1.33 bits per heavy atom. The number of hydrogen-bond acceptors (Lipinski definition) is 3. The summed E-state index contributed by atoms with van der Waals surface area (Å²) < 4.78 is 6.53. The van der Waals surface area contributed by atoms with Crippen LogP contribution in [0.15, 0.2) is 126 Å². The van der Waals surface area contributed by atoms with Crippen molar-refractivity contribution in [3.63, 3.8) is 0 Å². The van der Waals surface area contributed by atoms with E-state index in [-0.39, 0.29) is 5.41 Å². The first kappa shape index (κ1) is 23.4. The molecular weight excluding hydrogens is 512 g/mol. The number of fused-ring (bicyclic) bond motifs is 10. The third kappa shape index (κ3) is 3.16. The maximum absolute atomic E-state index is 6.53. The van der Waals surface area contributed by atoms with Crippen LogP contribution in [-0.2, 0) is 5.41 Å². The lowest BCUT2D eigenvalue weighted by Crippen LogP contribution is -2.15. The minimum atomic E-state index is -0.101. The maximum atomic E-state index is 6.53. The molecular formula is C39H26N2O. The zero-order valence-corrected chi connectivity index (χ0v) is 23.3. The number of furan rings is 1. The van der Waals surface area contributed by atoms with Crippen LogP contribution in [0.2, 0.25) is 0 Å². The van der Waals surface area contributed by atoms with Crippen LogP contribution in [0.25, 0.3) is 77.4 Å². The molecule has 1 aliphatic rings. The molecule has 3 nitrogen and oxygen atoms in total. The molecule has 9 rings (SSSR count). The SMILES string of the molecule is CC1(C)c2ccccc2-c2ccc(-c3nc(-c4ccccc4)c4ccc5oc6c7ccccc7ccc6c5c4n3)cc21. The third-order valence-electron chi connectivity index (χ3n) is 9.08. The molecule has 0 spiro atoms. The highest BCUT2D eigenvalue weighted by molar-refractivity contribution is 6.23. The summed E-state index contributed by atoms with van der Waals surface area (Å²) in [6.45, 7) is 4.62. The van der Waals surface area contributed by atoms with Crippen LogP contribution < -0.4 is 0 Å². The van der Waals surface area contributed by atoms with Crippen molar-refractivity contribution >= 4 is 43.6 Å². The summed E-state index contributed by atoms with van der Waals surface area (Å²) in [5, 5.41) is 5.39. The maximum Gasteiger partial charge on any atom is 0.160 e. The number of rotatable bonds is 2. The van der Waals surface area contributed by atoms with Gasteiger partial charge in [-0.2, -0.15) is 0 Å². The van der Waals surface area contributed by atoms with Crippen LogP contribution >= 0.6 is 0 Å². The van der Waals surface area contributed by atoms with E-state index >= 15 is 0 Å². The molecule has 2 aromatic heterocycles. The van der Waals surface area contributed by atoms with Gasteiger partial charge in [0.2, 0.25) is 0 Å². The Morgan fingerprint density at radius 1 is 0.571 bits per heavy atom. The minimum Gasteiger partial charge on any atom is -0.455 e. The summed E-state index contributed by atoms with van der Waals surface area (Å²) in [6.07, 6.45) is 0. The van der Waals surface area contributed by atoms with Gasteiger partial charge in [-0.25, -0.2) is 9.97 Å². The highest BCUT2D eigenvalue weighted by atomic mass is 16.3. The lowest BCUT2D eigenvalue weighted by atomic mass is 9.82. The first-order valence-electron chi connectivity index (χ1n) is 14.4. The minimum absolute atomic E-state index is 0.101. The van der Waals surface area contributed by atoms with Crippen LogP contribution in [-0.4, -0.2) is 9.97 Å². The second-order valence-corrected chi connectivity index (χ2v) is 11.8. The Balaban J connectivity index is 1.36. The van der Waals surface area contributed by atoms with Crippen molar-refractivity contribution in [2.24, 2.45) is 0 Å². The van der Waals surface area contributed by atoms with E-state index < -0.39 is 0 Å². The monoisotopic (exact) mass is 538 g/mol. The molecule has 3 heteroatoms. The van der Waals surface area contributed by atoms with Gasteiger partial charge in [-0.3, -0.25) is 0 Å². The second-order valence-electron chi connectivity index (χ2n) is 11.8. The van der Waals surface area contributed by atoms with Crippen molar-refractivity contribution in [1.82, 2.24) is 9.97 Å². The van der Waals surface area contributed by atoms with Crippen LogP contribution in [0.3, 0.4) is 0 Å². The van der Waals surface area contributed by atoms with Crippen LogP contribution in [0, 0.1) is 0 Å². The Labute approximate surface area is 243 Å². The van der Waals surface area contributed by atoms with Crippen LogP contribution in [0.5, 0.6) is 0 Å². The van der Waals surface area contributed by atoms with Crippen molar-refractivity contribution < 1.29 is 4.42 Å². The number of aromatic nitrogens is 2. The van der Waals surface area contributed by atoms with Gasteiger partial charge in [0.1, 0.15) is 11.2 Å². The Bertz CT molecular complexity index is 2380. The van der Waals surface area contributed by atoms with Gasteiger partial charge in [-0.1, -0.05) is 111 Å². The summed E-state index contributed by atoms with van der Waals surface area (Å²) in [5.41, 5.74) is 10.8. The summed E-state index contributed by atoms with van der Waals surface area (Å²) in [4.78, 5) is 10.6. The summed E-state index contributed by atoms with van der Waals surface area (Å²) in [6, 6.07) is 42.8. The fourth-order valence-corrected chi connectivity index (χ4v) is 6.97. The lowest BCUT2D eigenvalue weighted by Gasteiger charge is -2.21. The van der Waals surface area contributed by atoms with Gasteiger partial charge in [-0.15, -0.1) is 0 Å². The zero-order valence-electron chi connectivity index (χ0n) is 23.3. The quantitative estimate of drug-likeness (QED) is 0.220. The smallest absolute Gasteiger partial charge is 0.160 e. The predicted molar refractivity (Wildman–Crippen MR) is 173 cm³/mol. The van der Waals surface area contributed by atoms with Crippen molar-refractivity contribution in [3.05, 3.63) is 132 Å². The lowest BCUT2D eigenvalue weighted by molar-refractivity contribution is 0.660. The number of nitrogens with zero attached hydrogens (tertiary/aromatic N) is 2. The van der Waals surface area contributed by atoms with E-state index in [4.69, 9.17) is 14.4 Å². The molecule has 2 heterocycles. The number of hydrogen-bond donors (Lipinski definition) is 0. The molecule has 0 fully saturated rings. The van der Waals surface area contributed by atoms with Crippen molar-refractivity contribution in [2.75, 3.05) is 0 Å². The van der Waals surface area contributed by atoms with E-state index in [1.54, 1.807) is 0 Å². The van der Waals surface area contributed by atoms with Crippen molar-refractivity contribution in [3.8, 4) is 33.8 Å². The second kappa shape index (κ2) is 8.37. The van der Waals surface area contributed by atoms with Gasteiger partial charge < -0.3 is 4.42 Å². The van der Waals surface area contributed by atoms with E-state index in [1.807, 2.05) is 6.07 Å². The van der Waals surface area contributed by atoms with Gasteiger partial charge in [0.05, 0.1) is 16.6 Å². The Hall–Kier alpha value is -5.28. The summed E-state index contributed by atoms with van der Waals surface area (Å²) in [7, 11) is 0. The summed E-state index contributed by atoms with van der Waals surface area (Å²) in [5.74, 6) is 0.721. The van der Waals surface area contributed by atoms with E-state index in [2.05, 4.69) is 129 Å². The van der Waals surface area contributed by atoms with Crippen molar-refractivity contribution in [1.29, 1.82) is 0 Å². The molecule has 0 radical (unpaired) electrons. The molecule has 0 aliphatic heterocycles. The molecule has 0 saturated heterocycles. The van der Waals surface area contributed by atoms with Gasteiger partial charge in [0, 0.05) is 32.7 Å². The Kier molecular flexibility index (Phi) is 4.67. The fraction of sp³-hybridized carbons (Fsp3) is 0.0769. The molecule has 0 saturated carbocycles. The average Bonchev–Trinajstić information content (AvgIpc) is 3.54. The standard InChI is InChI=1S/C39H26N2O/c1-39(2)31-15-9-8-14-27(31)28-18-17-25(22-32(28)39)38-40-35(24-11-4-3-5-12-24)30-20-21-33-34(36(30)41-38)29-19-16-23-10-6-7-13-26(23)37(29)42-33/h3-22H,1-2H3.